The zero-order valence-electron chi connectivity index (χ0n) is 13.1. The highest BCUT2D eigenvalue weighted by Crippen LogP contribution is 2.23. The molecule has 1 aromatic carbocycles. The molecular weight excluding hydrogens is 284 g/mol. The Bertz CT molecular complexity index is 582. The molecule has 5 heteroatoms. The molecule has 1 heterocycles. The number of nitrogens with one attached hydrogen (secondary N) is 2. The summed E-state index contributed by atoms with van der Waals surface area (Å²) in [6.45, 7) is 7.84. The topological polar surface area (TPSA) is 58.2 Å². The lowest BCUT2D eigenvalue weighted by molar-refractivity contribution is 0.485. The van der Waals surface area contributed by atoms with E-state index in [1.165, 1.54) is 0 Å². The lowest BCUT2D eigenvalue weighted by Crippen LogP contribution is -2.34. The molecule has 1 atom stereocenters. The summed E-state index contributed by atoms with van der Waals surface area (Å²) >= 11 is 0. The first-order valence-electron chi connectivity index (χ1n) is 7.74. The number of hydrogen-bond acceptors (Lipinski definition) is 3. The minimum absolute atomic E-state index is 0.0324. The molecule has 0 saturated carbocycles. The summed E-state index contributed by atoms with van der Waals surface area (Å²) in [6, 6.07) is 5.53. The van der Waals surface area contributed by atoms with Crippen LogP contribution in [0.4, 0.5) is 0 Å². The minimum atomic E-state index is -3.43. The van der Waals surface area contributed by atoms with Gasteiger partial charge < -0.3 is 5.32 Å². The van der Waals surface area contributed by atoms with Gasteiger partial charge in [0.05, 0.1) is 4.90 Å². The van der Waals surface area contributed by atoms with Crippen molar-refractivity contribution in [3.05, 3.63) is 29.3 Å². The molecule has 0 aromatic heterocycles. The Labute approximate surface area is 128 Å². The van der Waals surface area contributed by atoms with Crippen LogP contribution in [0, 0.1) is 5.92 Å². The first-order valence-corrected chi connectivity index (χ1v) is 9.22. The second kappa shape index (κ2) is 6.90. The summed E-state index contributed by atoms with van der Waals surface area (Å²) in [5.74, 6) is 0.590. The van der Waals surface area contributed by atoms with Crippen LogP contribution in [0.2, 0.25) is 0 Å². The van der Waals surface area contributed by atoms with Gasteiger partial charge in [-0.25, -0.2) is 13.1 Å². The van der Waals surface area contributed by atoms with Gasteiger partial charge in [0, 0.05) is 12.6 Å². The predicted octanol–water partition coefficient (Wildman–Crippen LogP) is 2.44. The summed E-state index contributed by atoms with van der Waals surface area (Å²) in [5.41, 5.74) is 2.07. The SMILES string of the molecule is CC(C)CCC(C)NS(=O)(=O)c1cccc2c1CCNC2. The maximum Gasteiger partial charge on any atom is 0.241 e. The van der Waals surface area contributed by atoms with Crippen LogP contribution in [0.15, 0.2) is 23.1 Å². The Kier molecular flexibility index (Phi) is 5.41. The summed E-state index contributed by atoms with van der Waals surface area (Å²) in [4.78, 5) is 0.456. The third-order valence-corrected chi connectivity index (χ3v) is 5.59. The van der Waals surface area contributed by atoms with Crippen LogP contribution in [0.3, 0.4) is 0 Å². The van der Waals surface area contributed by atoms with Gasteiger partial charge >= 0.3 is 0 Å². The lowest BCUT2D eigenvalue weighted by Gasteiger charge is -2.22. The van der Waals surface area contributed by atoms with E-state index in [-0.39, 0.29) is 6.04 Å². The summed E-state index contributed by atoms with van der Waals surface area (Å²) in [5, 5.41) is 3.28. The second-order valence-corrected chi connectivity index (χ2v) is 8.00. The summed E-state index contributed by atoms with van der Waals surface area (Å²) in [7, 11) is -3.43. The van der Waals surface area contributed by atoms with Gasteiger partial charge in [-0.1, -0.05) is 26.0 Å². The molecule has 1 aliphatic heterocycles. The average Bonchev–Trinajstić information content (AvgIpc) is 2.44. The molecule has 0 aliphatic carbocycles. The van der Waals surface area contributed by atoms with E-state index in [0.717, 1.165) is 43.5 Å². The van der Waals surface area contributed by atoms with Gasteiger partial charge in [0.25, 0.3) is 0 Å². The Balaban J connectivity index is 2.16. The minimum Gasteiger partial charge on any atom is -0.312 e. The Morgan fingerprint density at radius 3 is 2.71 bits per heavy atom. The molecule has 0 saturated heterocycles. The van der Waals surface area contributed by atoms with Crippen molar-refractivity contribution in [2.75, 3.05) is 6.54 Å². The lowest BCUT2D eigenvalue weighted by atomic mass is 10.0. The fourth-order valence-electron chi connectivity index (χ4n) is 2.72. The number of fused-ring (bicyclic) bond motifs is 1. The maximum absolute atomic E-state index is 12.6. The molecule has 1 unspecified atom stereocenters. The van der Waals surface area contributed by atoms with E-state index >= 15 is 0 Å². The largest absolute Gasteiger partial charge is 0.312 e. The molecule has 118 valence electrons. The fraction of sp³-hybridized carbons (Fsp3) is 0.625. The van der Waals surface area contributed by atoms with Gasteiger partial charge in [-0.2, -0.15) is 0 Å². The predicted molar refractivity (Wildman–Crippen MR) is 85.7 cm³/mol. The van der Waals surface area contributed by atoms with Crippen LogP contribution in [0.5, 0.6) is 0 Å². The zero-order valence-corrected chi connectivity index (χ0v) is 14.0. The molecular formula is C16H26N2O2S. The van der Waals surface area contributed by atoms with Crippen molar-refractivity contribution in [2.24, 2.45) is 5.92 Å². The second-order valence-electron chi connectivity index (χ2n) is 6.31. The Morgan fingerprint density at radius 1 is 1.24 bits per heavy atom. The van der Waals surface area contributed by atoms with Crippen LogP contribution >= 0.6 is 0 Å². The number of rotatable bonds is 6. The van der Waals surface area contributed by atoms with E-state index in [1.807, 2.05) is 19.1 Å². The van der Waals surface area contributed by atoms with Gasteiger partial charge in [-0.15, -0.1) is 0 Å². The molecule has 1 aliphatic rings. The van der Waals surface area contributed by atoms with Crippen molar-refractivity contribution in [2.45, 2.75) is 57.5 Å². The quantitative estimate of drug-likeness (QED) is 0.848. The van der Waals surface area contributed by atoms with Gasteiger partial charge in [-0.3, -0.25) is 0 Å². The number of hydrogen-bond donors (Lipinski definition) is 2. The first kappa shape index (κ1) is 16.5. The summed E-state index contributed by atoms with van der Waals surface area (Å²) < 4.78 is 28.1. The molecule has 0 fully saturated rings. The Hall–Kier alpha value is -0.910. The zero-order chi connectivity index (χ0) is 15.5. The van der Waals surface area contributed by atoms with E-state index < -0.39 is 10.0 Å². The van der Waals surface area contributed by atoms with Crippen molar-refractivity contribution in [1.82, 2.24) is 10.0 Å². The molecule has 0 radical (unpaired) electrons. The third kappa shape index (κ3) is 4.28. The maximum atomic E-state index is 12.6. The van der Waals surface area contributed by atoms with Crippen LogP contribution in [0.25, 0.3) is 0 Å². The normalized spacial score (nSPS) is 16.8. The number of sulfonamides is 1. The molecule has 21 heavy (non-hydrogen) atoms. The molecule has 4 nitrogen and oxygen atoms in total. The smallest absolute Gasteiger partial charge is 0.241 e. The average molecular weight is 310 g/mol. The van der Waals surface area contributed by atoms with Crippen LogP contribution in [-0.4, -0.2) is 21.0 Å². The van der Waals surface area contributed by atoms with Crippen LogP contribution in [0.1, 0.15) is 44.7 Å². The number of benzene rings is 1. The van der Waals surface area contributed by atoms with E-state index in [2.05, 4.69) is 23.9 Å². The standard InChI is InChI=1S/C16H26N2O2S/c1-12(2)7-8-13(3)18-21(19,20)16-6-4-5-14-11-17-10-9-15(14)16/h4-6,12-13,17-18H,7-11H2,1-3H3. The van der Waals surface area contributed by atoms with Crippen molar-refractivity contribution < 1.29 is 8.42 Å². The van der Waals surface area contributed by atoms with Crippen LogP contribution < -0.4 is 10.0 Å². The molecule has 0 bridgehead atoms. The third-order valence-electron chi connectivity index (χ3n) is 3.92. The van der Waals surface area contributed by atoms with Gasteiger partial charge in [-0.05, 0) is 55.8 Å². The molecule has 1 aromatic rings. The van der Waals surface area contributed by atoms with Gasteiger partial charge in [0.2, 0.25) is 10.0 Å². The highest BCUT2D eigenvalue weighted by Gasteiger charge is 2.23. The van der Waals surface area contributed by atoms with E-state index in [9.17, 15) is 8.42 Å². The van der Waals surface area contributed by atoms with Crippen molar-refractivity contribution in [3.8, 4) is 0 Å². The summed E-state index contributed by atoms with van der Waals surface area (Å²) in [6.07, 6.45) is 2.67. The Morgan fingerprint density at radius 2 is 2.00 bits per heavy atom. The van der Waals surface area contributed by atoms with Crippen LogP contribution in [-0.2, 0) is 23.0 Å². The van der Waals surface area contributed by atoms with Gasteiger partial charge in [0.15, 0.2) is 0 Å². The van der Waals surface area contributed by atoms with E-state index in [1.54, 1.807) is 6.07 Å². The highest BCUT2D eigenvalue weighted by atomic mass is 32.2. The molecule has 2 rings (SSSR count). The van der Waals surface area contributed by atoms with Crippen molar-refractivity contribution in [1.29, 1.82) is 0 Å². The molecule has 0 spiro atoms. The fourth-order valence-corrected chi connectivity index (χ4v) is 4.31. The van der Waals surface area contributed by atoms with Crippen molar-refractivity contribution in [3.63, 3.8) is 0 Å². The molecule has 0 amide bonds. The molecule has 2 N–H and O–H groups in total. The van der Waals surface area contributed by atoms with E-state index in [4.69, 9.17) is 0 Å². The van der Waals surface area contributed by atoms with E-state index in [0.29, 0.717) is 10.8 Å². The van der Waals surface area contributed by atoms with Crippen molar-refractivity contribution >= 4 is 10.0 Å². The highest BCUT2D eigenvalue weighted by molar-refractivity contribution is 7.89. The monoisotopic (exact) mass is 310 g/mol. The first-order chi connectivity index (χ1) is 9.90. The van der Waals surface area contributed by atoms with Gasteiger partial charge in [0.1, 0.15) is 0 Å².